The lowest BCUT2D eigenvalue weighted by Crippen LogP contribution is -2.16. The van der Waals surface area contributed by atoms with E-state index in [1.165, 1.54) is 35.6 Å². The van der Waals surface area contributed by atoms with Gasteiger partial charge in [-0.2, -0.15) is 4.99 Å². The molecule has 1 amide bonds. The number of hydrogen-bond acceptors (Lipinski definition) is 4. The Morgan fingerprint density at radius 2 is 2.04 bits per heavy atom. The van der Waals surface area contributed by atoms with E-state index in [-0.39, 0.29) is 5.69 Å². The van der Waals surface area contributed by atoms with Crippen LogP contribution in [0.3, 0.4) is 0 Å². The first-order chi connectivity index (χ1) is 12.0. The Labute approximate surface area is 147 Å². The van der Waals surface area contributed by atoms with Crippen molar-refractivity contribution < 1.29 is 9.72 Å². The lowest BCUT2D eigenvalue weighted by molar-refractivity contribution is -0.384. The van der Waals surface area contributed by atoms with Gasteiger partial charge in [0.25, 0.3) is 11.6 Å². The van der Waals surface area contributed by atoms with Gasteiger partial charge in [0, 0.05) is 24.2 Å². The van der Waals surface area contributed by atoms with Crippen LogP contribution in [0.15, 0.2) is 60.1 Å². The van der Waals surface area contributed by atoms with Crippen LogP contribution in [0, 0.1) is 17.0 Å². The molecule has 0 fully saturated rings. The maximum absolute atomic E-state index is 12.4. The van der Waals surface area contributed by atoms with Crippen LogP contribution in [-0.2, 0) is 6.54 Å². The summed E-state index contributed by atoms with van der Waals surface area (Å²) < 4.78 is 2.99. The number of hydrogen-bond donors (Lipinski definition) is 0. The molecule has 0 aliphatic rings. The number of non-ortho nitro benzene ring substituents is 1. The first kappa shape index (κ1) is 16.8. The van der Waals surface area contributed by atoms with Crippen molar-refractivity contribution in [2.75, 3.05) is 0 Å². The molecule has 0 saturated heterocycles. The number of aromatic nitrogens is 1. The van der Waals surface area contributed by atoms with Crippen LogP contribution in [0.1, 0.15) is 15.9 Å². The third-order valence-corrected chi connectivity index (χ3v) is 4.78. The molecule has 6 nitrogen and oxygen atoms in total. The van der Waals surface area contributed by atoms with Gasteiger partial charge in [0.15, 0.2) is 4.80 Å². The Hall–Kier alpha value is -3.06. The average Bonchev–Trinajstić information content (AvgIpc) is 2.94. The normalized spacial score (nSPS) is 11.6. The zero-order chi connectivity index (χ0) is 18.0. The Morgan fingerprint density at radius 1 is 1.32 bits per heavy atom. The Bertz CT molecular complexity index is 1050. The van der Waals surface area contributed by atoms with E-state index in [1.54, 1.807) is 6.08 Å². The Balaban J connectivity index is 2.09. The fraction of sp³-hybridized carbons (Fsp3) is 0.111. The van der Waals surface area contributed by atoms with E-state index in [0.717, 1.165) is 15.8 Å². The summed E-state index contributed by atoms with van der Waals surface area (Å²) >= 11 is 1.43. The summed E-state index contributed by atoms with van der Waals surface area (Å²) in [6.07, 6.45) is 1.76. The predicted molar refractivity (Wildman–Crippen MR) is 97.7 cm³/mol. The topological polar surface area (TPSA) is 77.5 Å². The van der Waals surface area contributed by atoms with E-state index in [9.17, 15) is 14.9 Å². The minimum Gasteiger partial charge on any atom is -0.312 e. The van der Waals surface area contributed by atoms with Crippen molar-refractivity contribution in [1.82, 2.24) is 4.57 Å². The number of aryl methyl sites for hydroxylation is 1. The highest BCUT2D eigenvalue weighted by Crippen LogP contribution is 2.21. The highest BCUT2D eigenvalue weighted by atomic mass is 32.1. The summed E-state index contributed by atoms with van der Waals surface area (Å²) in [6, 6.07) is 11.4. The summed E-state index contributed by atoms with van der Waals surface area (Å²) in [4.78, 5) is 27.5. The standard InChI is InChI=1S/C18H15N3O3S/c1-3-11-20-16-12(2)5-4-6-15(16)25-18(20)19-17(22)13-7-9-14(10-8-13)21(23)24/h3-10H,1,11H2,2H3. The van der Waals surface area contributed by atoms with E-state index >= 15 is 0 Å². The number of rotatable bonds is 4. The van der Waals surface area contributed by atoms with Crippen molar-refractivity contribution in [3.63, 3.8) is 0 Å². The second-order valence-corrected chi connectivity index (χ2v) is 6.44. The number of carbonyl (C=O) groups is 1. The number of carbonyl (C=O) groups excluding carboxylic acids is 1. The number of benzene rings is 2. The van der Waals surface area contributed by atoms with Crippen molar-refractivity contribution in [3.05, 3.63) is 81.2 Å². The molecule has 0 bridgehead atoms. The quantitative estimate of drug-likeness (QED) is 0.406. The molecule has 0 radical (unpaired) electrons. The van der Waals surface area contributed by atoms with Gasteiger partial charge in [-0.15, -0.1) is 6.58 Å². The van der Waals surface area contributed by atoms with Crippen LogP contribution in [0.25, 0.3) is 10.2 Å². The molecule has 3 rings (SSSR count). The maximum Gasteiger partial charge on any atom is 0.279 e. The summed E-state index contributed by atoms with van der Waals surface area (Å²) in [7, 11) is 0. The minimum atomic E-state index is -0.502. The van der Waals surface area contributed by atoms with Gasteiger partial charge in [-0.05, 0) is 30.7 Å². The van der Waals surface area contributed by atoms with Crippen LogP contribution >= 0.6 is 11.3 Å². The van der Waals surface area contributed by atoms with Gasteiger partial charge in [-0.3, -0.25) is 14.9 Å². The number of nitro groups is 1. The SMILES string of the molecule is C=CCn1c(=NC(=O)c2ccc([N+](=O)[O-])cc2)sc2cccc(C)c21. The molecule has 126 valence electrons. The van der Waals surface area contributed by atoms with E-state index in [0.29, 0.717) is 16.9 Å². The van der Waals surface area contributed by atoms with Crippen LogP contribution in [0.5, 0.6) is 0 Å². The second kappa shape index (κ2) is 6.82. The zero-order valence-electron chi connectivity index (χ0n) is 13.5. The van der Waals surface area contributed by atoms with E-state index in [2.05, 4.69) is 11.6 Å². The smallest absolute Gasteiger partial charge is 0.279 e. The number of nitrogens with zero attached hydrogens (tertiary/aromatic N) is 3. The zero-order valence-corrected chi connectivity index (χ0v) is 14.3. The van der Waals surface area contributed by atoms with Crippen molar-refractivity contribution in [3.8, 4) is 0 Å². The highest BCUT2D eigenvalue weighted by Gasteiger charge is 2.11. The van der Waals surface area contributed by atoms with Gasteiger partial charge in [0.1, 0.15) is 0 Å². The molecule has 0 N–H and O–H groups in total. The minimum absolute atomic E-state index is 0.0595. The van der Waals surface area contributed by atoms with Crippen molar-refractivity contribution in [2.24, 2.45) is 4.99 Å². The second-order valence-electron chi connectivity index (χ2n) is 5.43. The Kier molecular flexibility index (Phi) is 4.58. The lowest BCUT2D eigenvalue weighted by Gasteiger charge is -2.03. The number of thiazole rings is 1. The molecule has 0 unspecified atom stereocenters. The summed E-state index contributed by atoms with van der Waals surface area (Å²) in [5.41, 5.74) is 2.38. The van der Waals surface area contributed by atoms with E-state index < -0.39 is 10.8 Å². The molecule has 3 aromatic rings. The van der Waals surface area contributed by atoms with Gasteiger partial charge in [-0.1, -0.05) is 29.5 Å². The fourth-order valence-electron chi connectivity index (χ4n) is 2.57. The van der Waals surface area contributed by atoms with Gasteiger partial charge in [0.2, 0.25) is 0 Å². The molecule has 25 heavy (non-hydrogen) atoms. The molecule has 0 atom stereocenters. The molecule has 2 aromatic carbocycles. The molecular weight excluding hydrogens is 338 g/mol. The van der Waals surface area contributed by atoms with Gasteiger partial charge >= 0.3 is 0 Å². The highest BCUT2D eigenvalue weighted by molar-refractivity contribution is 7.16. The largest absolute Gasteiger partial charge is 0.312 e. The third-order valence-electron chi connectivity index (χ3n) is 3.74. The monoisotopic (exact) mass is 353 g/mol. The van der Waals surface area contributed by atoms with Crippen LogP contribution in [0.2, 0.25) is 0 Å². The van der Waals surface area contributed by atoms with Gasteiger partial charge in [0.05, 0.1) is 15.1 Å². The number of allylic oxidation sites excluding steroid dienone is 1. The molecule has 0 aliphatic carbocycles. The van der Waals surface area contributed by atoms with Crippen LogP contribution in [0.4, 0.5) is 5.69 Å². The summed E-state index contributed by atoms with van der Waals surface area (Å²) in [5.74, 6) is -0.433. The van der Waals surface area contributed by atoms with Gasteiger partial charge in [-0.25, -0.2) is 0 Å². The third kappa shape index (κ3) is 3.27. The molecule has 1 heterocycles. The molecule has 0 aliphatic heterocycles. The number of fused-ring (bicyclic) bond motifs is 1. The summed E-state index contributed by atoms with van der Waals surface area (Å²) in [6.45, 7) is 6.32. The molecule has 1 aromatic heterocycles. The predicted octanol–water partition coefficient (Wildman–Crippen LogP) is 3.85. The van der Waals surface area contributed by atoms with E-state index in [4.69, 9.17) is 0 Å². The average molecular weight is 353 g/mol. The molecule has 0 saturated carbocycles. The van der Waals surface area contributed by atoms with E-state index in [1.807, 2.05) is 29.7 Å². The van der Waals surface area contributed by atoms with Crippen molar-refractivity contribution in [2.45, 2.75) is 13.5 Å². The van der Waals surface area contributed by atoms with Crippen LogP contribution in [-0.4, -0.2) is 15.4 Å². The number of nitro benzene ring substituents is 1. The fourth-order valence-corrected chi connectivity index (χ4v) is 3.68. The summed E-state index contributed by atoms with van der Waals surface area (Å²) in [5, 5.41) is 10.7. The Morgan fingerprint density at radius 3 is 2.68 bits per heavy atom. The molecule has 0 spiro atoms. The lowest BCUT2D eigenvalue weighted by atomic mass is 10.2. The first-order valence-electron chi connectivity index (χ1n) is 7.54. The first-order valence-corrected chi connectivity index (χ1v) is 8.36. The molecule has 7 heteroatoms. The number of amides is 1. The van der Waals surface area contributed by atoms with Gasteiger partial charge < -0.3 is 4.57 Å². The number of para-hydroxylation sites is 1. The van der Waals surface area contributed by atoms with Crippen molar-refractivity contribution in [1.29, 1.82) is 0 Å². The molecular formula is C18H15N3O3S. The maximum atomic E-state index is 12.4. The van der Waals surface area contributed by atoms with Crippen LogP contribution < -0.4 is 4.80 Å². The van der Waals surface area contributed by atoms with Crippen molar-refractivity contribution >= 4 is 33.1 Å².